The molecule has 2 rings (SSSR count). The van der Waals surface area contributed by atoms with E-state index >= 15 is 0 Å². The lowest BCUT2D eigenvalue weighted by molar-refractivity contribution is -0.137. The average Bonchev–Trinajstić information content (AvgIpc) is 2.78. The lowest BCUT2D eigenvalue weighted by Gasteiger charge is -2.21. The van der Waals surface area contributed by atoms with Gasteiger partial charge in [0.1, 0.15) is 0 Å². The van der Waals surface area contributed by atoms with Crippen molar-refractivity contribution < 1.29 is 29.0 Å². The zero-order valence-corrected chi connectivity index (χ0v) is 13.4. The van der Waals surface area contributed by atoms with E-state index in [9.17, 15) is 19.2 Å². The molecule has 1 N–H and O–H groups in total. The summed E-state index contributed by atoms with van der Waals surface area (Å²) in [6, 6.07) is 4.28. The number of carboxylic acids is 1. The molecule has 0 spiro atoms. The van der Waals surface area contributed by atoms with E-state index in [1.54, 1.807) is 0 Å². The van der Waals surface area contributed by atoms with Crippen LogP contribution in [0.2, 0.25) is 0 Å². The van der Waals surface area contributed by atoms with Crippen molar-refractivity contribution >= 4 is 23.7 Å². The third-order valence-electron chi connectivity index (χ3n) is 3.78. The Labute approximate surface area is 138 Å². The second kappa shape index (κ2) is 7.22. The van der Waals surface area contributed by atoms with Crippen molar-refractivity contribution in [3.63, 3.8) is 0 Å². The molecule has 1 aliphatic heterocycles. The summed E-state index contributed by atoms with van der Waals surface area (Å²) in [5.41, 5.74) is 0.665. The number of nitrogens with zero attached hydrogens (tertiary/aromatic N) is 2. The van der Waals surface area contributed by atoms with Gasteiger partial charge in [-0.3, -0.25) is 24.1 Å². The molecule has 0 radical (unpaired) electrons. The molecule has 1 heterocycles. The third-order valence-corrected chi connectivity index (χ3v) is 3.78. The van der Waals surface area contributed by atoms with Gasteiger partial charge in [-0.05, 0) is 18.2 Å². The smallest absolute Gasteiger partial charge is 0.305 e. The molecule has 8 nitrogen and oxygen atoms in total. The fourth-order valence-corrected chi connectivity index (χ4v) is 2.42. The van der Waals surface area contributed by atoms with Gasteiger partial charge in [0, 0.05) is 32.8 Å². The van der Waals surface area contributed by atoms with E-state index in [1.165, 1.54) is 37.3 Å². The van der Waals surface area contributed by atoms with Gasteiger partial charge in [0.15, 0.2) is 0 Å². The fourth-order valence-electron chi connectivity index (χ4n) is 2.42. The number of carbonyl (C=O) groups is 4. The number of carboxylic acid groups (broad SMARTS) is 1. The molecule has 1 aromatic carbocycles. The fraction of sp³-hybridized carbons (Fsp3) is 0.375. The van der Waals surface area contributed by atoms with Crippen LogP contribution in [0, 0.1) is 0 Å². The number of imide groups is 1. The summed E-state index contributed by atoms with van der Waals surface area (Å²) in [5, 5.41) is 8.80. The second-order valence-corrected chi connectivity index (χ2v) is 5.36. The number of ether oxygens (including phenoxy) is 1. The Morgan fingerprint density at radius 1 is 1.17 bits per heavy atom. The normalized spacial score (nSPS) is 13.2. The first-order chi connectivity index (χ1) is 11.4. The van der Waals surface area contributed by atoms with Crippen LogP contribution in [0.5, 0.6) is 0 Å². The molecule has 0 unspecified atom stereocenters. The molecule has 1 aliphatic rings. The number of fused-ring (bicyclic) bond motifs is 1. The van der Waals surface area contributed by atoms with Gasteiger partial charge in [0.05, 0.1) is 24.2 Å². The second-order valence-electron chi connectivity index (χ2n) is 5.36. The molecule has 128 valence electrons. The van der Waals surface area contributed by atoms with Gasteiger partial charge in [-0.1, -0.05) is 0 Å². The minimum Gasteiger partial charge on any atom is -0.481 e. The first kappa shape index (κ1) is 17.6. The first-order valence-corrected chi connectivity index (χ1v) is 7.33. The van der Waals surface area contributed by atoms with Gasteiger partial charge in [-0.15, -0.1) is 0 Å². The van der Waals surface area contributed by atoms with E-state index in [0.717, 1.165) is 4.90 Å². The highest BCUT2D eigenvalue weighted by molar-refractivity contribution is 6.21. The van der Waals surface area contributed by atoms with Crippen molar-refractivity contribution in [1.29, 1.82) is 0 Å². The molecule has 0 aliphatic carbocycles. The molecular formula is C16H18N2O6. The summed E-state index contributed by atoms with van der Waals surface area (Å²) in [5.74, 6) is -2.29. The number of hydrogen-bond donors (Lipinski definition) is 1. The number of aliphatic carboxylic acids is 1. The highest BCUT2D eigenvalue weighted by Gasteiger charge is 2.33. The van der Waals surface area contributed by atoms with Crippen molar-refractivity contribution in [2.45, 2.75) is 6.42 Å². The van der Waals surface area contributed by atoms with E-state index < -0.39 is 23.7 Å². The maximum atomic E-state index is 12.6. The number of carbonyl (C=O) groups excluding carboxylic acids is 3. The molecule has 1 aromatic rings. The van der Waals surface area contributed by atoms with Crippen LogP contribution in [0.1, 0.15) is 37.5 Å². The standard InChI is InChI=1S/C16H18N2O6/c1-17-15(22)11-4-3-10(9-12(11)16(17)23)14(21)18(7-8-24-2)6-5-13(19)20/h3-4,9H,5-8H2,1-2H3,(H,19,20). The van der Waals surface area contributed by atoms with Gasteiger partial charge in [-0.2, -0.15) is 0 Å². The van der Waals surface area contributed by atoms with Crippen molar-refractivity contribution in [3.8, 4) is 0 Å². The van der Waals surface area contributed by atoms with Gasteiger partial charge < -0.3 is 14.7 Å². The summed E-state index contributed by atoms with van der Waals surface area (Å²) < 4.78 is 4.94. The van der Waals surface area contributed by atoms with Crippen LogP contribution in [0.3, 0.4) is 0 Å². The predicted molar refractivity (Wildman–Crippen MR) is 82.9 cm³/mol. The lowest BCUT2D eigenvalue weighted by Crippen LogP contribution is -2.35. The molecule has 0 atom stereocenters. The molecular weight excluding hydrogens is 316 g/mol. The number of methoxy groups -OCH3 is 1. The van der Waals surface area contributed by atoms with Crippen LogP contribution in [-0.4, -0.2) is 72.5 Å². The Morgan fingerprint density at radius 2 is 1.83 bits per heavy atom. The van der Waals surface area contributed by atoms with Gasteiger partial charge in [-0.25, -0.2) is 0 Å². The highest BCUT2D eigenvalue weighted by atomic mass is 16.5. The van der Waals surface area contributed by atoms with Crippen molar-refractivity contribution in [3.05, 3.63) is 34.9 Å². The van der Waals surface area contributed by atoms with Gasteiger partial charge >= 0.3 is 5.97 Å². The summed E-state index contributed by atoms with van der Waals surface area (Å²) in [6.07, 6.45) is -0.194. The number of rotatable bonds is 7. The summed E-state index contributed by atoms with van der Waals surface area (Å²) >= 11 is 0. The zero-order chi connectivity index (χ0) is 17.9. The number of amides is 3. The molecule has 0 saturated carbocycles. The molecule has 0 aromatic heterocycles. The maximum absolute atomic E-state index is 12.6. The minimum absolute atomic E-state index is 0.0292. The monoisotopic (exact) mass is 334 g/mol. The predicted octanol–water partition coefficient (Wildman–Crippen LogP) is 0.476. The van der Waals surface area contributed by atoms with Crippen molar-refractivity contribution in [2.24, 2.45) is 0 Å². The maximum Gasteiger partial charge on any atom is 0.305 e. The quantitative estimate of drug-likeness (QED) is 0.727. The van der Waals surface area contributed by atoms with E-state index in [2.05, 4.69) is 0 Å². The van der Waals surface area contributed by atoms with E-state index in [4.69, 9.17) is 9.84 Å². The lowest BCUT2D eigenvalue weighted by atomic mass is 10.0. The topological polar surface area (TPSA) is 104 Å². The van der Waals surface area contributed by atoms with Crippen LogP contribution >= 0.6 is 0 Å². The minimum atomic E-state index is -1.01. The Kier molecular flexibility index (Phi) is 5.30. The van der Waals surface area contributed by atoms with Crippen LogP contribution in [0.25, 0.3) is 0 Å². The number of benzene rings is 1. The SMILES string of the molecule is COCCN(CCC(=O)O)C(=O)c1ccc2c(c1)C(=O)N(C)C2=O. The summed E-state index contributed by atoms with van der Waals surface area (Å²) in [4.78, 5) is 49.6. The zero-order valence-electron chi connectivity index (χ0n) is 13.4. The van der Waals surface area contributed by atoms with E-state index in [0.29, 0.717) is 0 Å². The molecule has 0 saturated heterocycles. The molecule has 0 bridgehead atoms. The van der Waals surface area contributed by atoms with E-state index in [1.807, 2.05) is 0 Å². The van der Waals surface area contributed by atoms with Crippen LogP contribution < -0.4 is 0 Å². The summed E-state index contributed by atoms with van der Waals surface area (Å²) in [6.45, 7) is 0.518. The molecule has 3 amide bonds. The van der Waals surface area contributed by atoms with Crippen molar-refractivity contribution in [1.82, 2.24) is 9.80 Å². The average molecular weight is 334 g/mol. The third kappa shape index (κ3) is 3.43. The Bertz CT molecular complexity index is 700. The Balaban J connectivity index is 2.25. The van der Waals surface area contributed by atoms with Crippen LogP contribution in [-0.2, 0) is 9.53 Å². The molecule has 0 fully saturated rings. The number of hydrogen-bond acceptors (Lipinski definition) is 5. The Hall–Kier alpha value is -2.74. The first-order valence-electron chi connectivity index (χ1n) is 7.33. The van der Waals surface area contributed by atoms with Gasteiger partial charge in [0.2, 0.25) is 0 Å². The van der Waals surface area contributed by atoms with Crippen LogP contribution in [0.15, 0.2) is 18.2 Å². The van der Waals surface area contributed by atoms with Crippen LogP contribution in [0.4, 0.5) is 0 Å². The molecule has 24 heavy (non-hydrogen) atoms. The highest BCUT2D eigenvalue weighted by Crippen LogP contribution is 2.23. The van der Waals surface area contributed by atoms with Crippen molar-refractivity contribution in [2.75, 3.05) is 33.9 Å². The van der Waals surface area contributed by atoms with E-state index in [-0.39, 0.29) is 42.8 Å². The Morgan fingerprint density at radius 3 is 2.46 bits per heavy atom. The largest absolute Gasteiger partial charge is 0.481 e. The summed E-state index contributed by atoms with van der Waals surface area (Å²) in [7, 11) is 2.86. The van der Waals surface area contributed by atoms with Gasteiger partial charge in [0.25, 0.3) is 17.7 Å². The molecule has 8 heteroatoms.